The molecule has 1 unspecified atom stereocenters. The van der Waals surface area contributed by atoms with E-state index in [0.29, 0.717) is 38.3 Å². The predicted molar refractivity (Wildman–Crippen MR) is 135 cm³/mol. The molecule has 0 spiro atoms. The fraction of sp³-hybridized carbons (Fsp3) is 0.333. The number of aromatic nitrogens is 5. The van der Waals surface area contributed by atoms with Crippen LogP contribution in [0.1, 0.15) is 36.0 Å². The molecule has 1 atom stereocenters. The molecule has 0 saturated carbocycles. The van der Waals surface area contributed by atoms with Gasteiger partial charge in [0.25, 0.3) is 5.91 Å². The smallest absolute Gasteiger partial charge is 0.276 e. The highest BCUT2D eigenvalue weighted by atomic mass is 35.5. The summed E-state index contributed by atoms with van der Waals surface area (Å²) in [6.07, 6.45) is 6.13. The van der Waals surface area contributed by atoms with Crippen molar-refractivity contribution in [3.8, 4) is 5.75 Å². The number of nitrogens with zero attached hydrogens (tertiary/aromatic N) is 5. The van der Waals surface area contributed by atoms with Crippen molar-refractivity contribution >= 4 is 45.7 Å². The lowest BCUT2D eigenvalue weighted by Crippen LogP contribution is -2.48. The van der Waals surface area contributed by atoms with Crippen LogP contribution in [-0.4, -0.2) is 55.4 Å². The molecule has 3 aromatic heterocycles. The molecule has 11 heteroatoms. The minimum absolute atomic E-state index is 0.267. The van der Waals surface area contributed by atoms with E-state index in [-0.39, 0.29) is 11.6 Å². The quantitative estimate of drug-likeness (QED) is 0.350. The average molecular weight is 514 g/mol. The highest BCUT2D eigenvalue weighted by molar-refractivity contribution is 6.35. The number of pyridine rings is 1. The molecule has 0 aliphatic carbocycles. The summed E-state index contributed by atoms with van der Waals surface area (Å²) >= 11 is 12.5. The Morgan fingerprint density at radius 1 is 1.26 bits per heavy atom. The summed E-state index contributed by atoms with van der Waals surface area (Å²) in [5.41, 5.74) is 2.26. The van der Waals surface area contributed by atoms with Crippen LogP contribution >= 0.6 is 23.2 Å². The predicted octanol–water partition coefficient (Wildman–Crippen LogP) is 4.81. The minimum atomic E-state index is -0.425. The largest absolute Gasteiger partial charge is 0.486 e. The van der Waals surface area contributed by atoms with Gasteiger partial charge in [0.1, 0.15) is 11.9 Å². The monoisotopic (exact) mass is 513 g/mol. The topological polar surface area (TPSA) is 101 Å². The molecule has 1 saturated heterocycles. The summed E-state index contributed by atoms with van der Waals surface area (Å²) in [4.78, 5) is 19.4. The first-order valence-corrected chi connectivity index (χ1v) is 12.2. The number of carbonyl (C=O) groups excluding carboxylic acids is 1. The van der Waals surface area contributed by atoms with Crippen LogP contribution in [0.25, 0.3) is 10.9 Å². The average Bonchev–Trinajstić information content (AvgIpc) is 3.42. The van der Waals surface area contributed by atoms with Gasteiger partial charge in [-0.25, -0.2) is 0 Å². The number of amides is 1. The van der Waals surface area contributed by atoms with E-state index >= 15 is 0 Å². The van der Waals surface area contributed by atoms with E-state index in [1.165, 1.54) is 12.4 Å². The number of halogens is 2. The number of benzene rings is 1. The second-order valence-electron chi connectivity index (χ2n) is 8.68. The number of fused-ring (bicyclic) bond motifs is 1. The Bertz CT molecular complexity index is 1340. The molecule has 35 heavy (non-hydrogen) atoms. The second kappa shape index (κ2) is 9.85. The first-order valence-electron chi connectivity index (χ1n) is 11.4. The van der Waals surface area contributed by atoms with Gasteiger partial charge in [-0.05, 0) is 31.7 Å². The van der Waals surface area contributed by atoms with E-state index in [1.54, 1.807) is 18.3 Å². The third kappa shape index (κ3) is 4.98. The molecular weight excluding hydrogens is 489 g/mol. The highest BCUT2D eigenvalue weighted by Crippen LogP contribution is 2.33. The Kier molecular flexibility index (Phi) is 6.64. The summed E-state index contributed by atoms with van der Waals surface area (Å²) < 4.78 is 7.95. The van der Waals surface area contributed by atoms with Gasteiger partial charge in [0, 0.05) is 55.1 Å². The molecule has 1 aromatic carbocycles. The van der Waals surface area contributed by atoms with Gasteiger partial charge in [-0.15, -0.1) is 0 Å². The first kappa shape index (κ1) is 23.6. The number of H-pyrrole nitrogens is 1. The standard InChI is InChI=1S/C24H25Cl2N7O2/c1-3-32-10-15(11-32)12-33-13-16(7-28-33)29-24(34)23-18-6-17(4-5-21(18)30-31-23)35-14(2)22-19(25)8-27-9-20(22)26/h4-9,13-15H,3,10-12H2,1-2H3,(H,29,34)(H,30,31). The van der Waals surface area contributed by atoms with Crippen molar-refractivity contribution in [1.29, 1.82) is 0 Å². The summed E-state index contributed by atoms with van der Waals surface area (Å²) in [5, 5.41) is 15.9. The van der Waals surface area contributed by atoms with Crippen molar-refractivity contribution in [3.63, 3.8) is 0 Å². The Morgan fingerprint density at radius 2 is 2.03 bits per heavy atom. The Balaban J connectivity index is 1.28. The summed E-state index contributed by atoms with van der Waals surface area (Å²) in [6, 6.07) is 5.38. The van der Waals surface area contributed by atoms with Crippen molar-refractivity contribution < 1.29 is 9.53 Å². The zero-order valence-corrected chi connectivity index (χ0v) is 20.8. The van der Waals surface area contributed by atoms with Gasteiger partial charge >= 0.3 is 0 Å². The maximum Gasteiger partial charge on any atom is 0.276 e. The molecule has 1 fully saturated rings. The van der Waals surface area contributed by atoms with Crippen LogP contribution < -0.4 is 10.1 Å². The summed E-state index contributed by atoms with van der Waals surface area (Å²) in [7, 11) is 0. The number of nitrogens with one attached hydrogen (secondary N) is 2. The fourth-order valence-corrected chi connectivity index (χ4v) is 5.02. The Hall–Kier alpha value is -3.14. The first-order chi connectivity index (χ1) is 16.9. The SMILES string of the molecule is CCN1CC(Cn2cc(NC(=O)c3n[nH]c4ccc(OC(C)c5c(Cl)cncc5Cl)cc34)cn2)C1. The fourth-order valence-electron chi connectivity index (χ4n) is 4.35. The van der Waals surface area contributed by atoms with Crippen molar-refractivity contribution in [2.24, 2.45) is 5.92 Å². The number of ether oxygens (including phenoxy) is 1. The van der Waals surface area contributed by atoms with Crippen LogP contribution in [0.15, 0.2) is 43.0 Å². The van der Waals surface area contributed by atoms with Crippen LogP contribution in [0.4, 0.5) is 5.69 Å². The van der Waals surface area contributed by atoms with Crippen LogP contribution in [0.2, 0.25) is 10.0 Å². The van der Waals surface area contributed by atoms with E-state index in [2.05, 4.69) is 37.4 Å². The van der Waals surface area contributed by atoms with Crippen molar-refractivity contribution in [1.82, 2.24) is 29.9 Å². The molecule has 1 aliphatic heterocycles. The van der Waals surface area contributed by atoms with Gasteiger partial charge in [-0.2, -0.15) is 10.2 Å². The molecule has 1 aliphatic rings. The molecule has 182 valence electrons. The van der Waals surface area contributed by atoms with E-state index in [1.807, 2.05) is 23.9 Å². The Morgan fingerprint density at radius 3 is 2.77 bits per heavy atom. The lowest BCUT2D eigenvalue weighted by Gasteiger charge is -2.38. The van der Waals surface area contributed by atoms with Crippen LogP contribution in [-0.2, 0) is 6.54 Å². The van der Waals surface area contributed by atoms with Crippen molar-refractivity contribution in [3.05, 3.63) is 64.3 Å². The van der Waals surface area contributed by atoms with Crippen LogP contribution in [0, 0.1) is 5.92 Å². The second-order valence-corrected chi connectivity index (χ2v) is 9.49. The van der Waals surface area contributed by atoms with E-state index in [9.17, 15) is 4.79 Å². The van der Waals surface area contributed by atoms with Crippen molar-refractivity contribution in [2.75, 3.05) is 25.0 Å². The van der Waals surface area contributed by atoms with Gasteiger partial charge in [0.2, 0.25) is 0 Å². The lowest BCUT2D eigenvalue weighted by molar-refractivity contribution is 0.0917. The van der Waals surface area contributed by atoms with Gasteiger partial charge in [0.15, 0.2) is 5.69 Å². The Labute approximate surface area is 212 Å². The number of rotatable bonds is 8. The zero-order valence-electron chi connectivity index (χ0n) is 19.3. The lowest BCUT2D eigenvalue weighted by atomic mass is 10.0. The molecule has 9 nitrogen and oxygen atoms in total. The number of aromatic amines is 1. The third-order valence-electron chi connectivity index (χ3n) is 6.18. The molecule has 1 amide bonds. The third-order valence-corrected chi connectivity index (χ3v) is 6.78. The molecule has 4 heterocycles. The number of hydrogen-bond donors (Lipinski definition) is 2. The van der Waals surface area contributed by atoms with E-state index < -0.39 is 6.10 Å². The number of hydrogen-bond acceptors (Lipinski definition) is 6. The van der Waals surface area contributed by atoms with E-state index in [4.69, 9.17) is 27.9 Å². The maximum absolute atomic E-state index is 13.0. The molecule has 0 radical (unpaired) electrons. The minimum Gasteiger partial charge on any atom is -0.486 e. The summed E-state index contributed by atoms with van der Waals surface area (Å²) in [5.74, 6) is 0.812. The molecular formula is C24H25Cl2N7O2. The van der Waals surface area contributed by atoms with E-state index in [0.717, 1.165) is 31.7 Å². The molecule has 2 N–H and O–H groups in total. The van der Waals surface area contributed by atoms with Gasteiger partial charge < -0.3 is 15.0 Å². The highest BCUT2D eigenvalue weighted by Gasteiger charge is 2.25. The summed E-state index contributed by atoms with van der Waals surface area (Å²) in [6.45, 7) is 8.09. The van der Waals surface area contributed by atoms with Crippen LogP contribution in [0.3, 0.4) is 0 Å². The molecule has 5 rings (SSSR count). The number of likely N-dealkylation sites (tertiary alicyclic amines) is 1. The maximum atomic E-state index is 13.0. The normalized spacial score (nSPS) is 15.2. The molecule has 0 bridgehead atoms. The number of anilines is 1. The molecule has 4 aromatic rings. The zero-order chi connectivity index (χ0) is 24.5. The van der Waals surface area contributed by atoms with Crippen molar-refractivity contribution in [2.45, 2.75) is 26.5 Å². The number of carbonyl (C=O) groups is 1. The van der Waals surface area contributed by atoms with Gasteiger partial charge in [0.05, 0.1) is 27.4 Å². The van der Waals surface area contributed by atoms with Crippen LogP contribution in [0.5, 0.6) is 5.75 Å². The van der Waals surface area contributed by atoms with Gasteiger partial charge in [-0.1, -0.05) is 30.1 Å². The van der Waals surface area contributed by atoms with Gasteiger partial charge in [-0.3, -0.25) is 19.6 Å².